The fourth-order valence-corrected chi connectivity index (χ4v) is 3.89. The monoisotopic (exact) mass is 414 g/mol. The summed E-state index contributed by atoms with van der Waals surface area (Å²) < 4.78 is 14.7. The molecule has 31 heavy (non-hydrogen) atoms. The zero-order valence-electron chi connectivity index (χ0n) is 17.8. The Kier molecular flexibility index (Phi) is 4.54. The Hall–Kier alpha value is -3.94. The van der Waals surface area contributed by atoms with E-state index in [2.05, 4.69) is 28.5 Å². The number of pyridine rings is 1. The summed E-state index contributed by atoms with van der Waals surface area (Å²) in [5.41, 5.74) is 6.00. The number of aryl methyl sites for hydroxylation is 1. The van der Waals surface area contributed by atoms with Gasteiger partial charge >= 0.3 is 0 Å². The van der Waals surface area contributed by atoms with Crippen molar-refractivity contribution in [2.45, 2.75) is 20.4 Å². The average Bonchev–Trinajstić information content (AvgIpc) is 3.34. The van der Waals surface area contributed by atoms with E-state index in [1.54, 1.807) is 25.1 Å². The first-order valence-corrected chi connectivity index (χ1v) is 9.92. The van der Waals surface area contributed by atoms with Crippen molar-refractivity contribution in [1.82, 2.24) is 29.1 Å². The molecule has 0 saturated heterocycles. The fourth-order valence-electron chi connectivity index (χ4n) is 3.89. The molecule has 8 nitrogen and oxygen atoms in total. The summed E-state index contributed by atoms with van der Waals surface area (Å²) in [5, 5.41) is 5.66. The molecule has 5 aromatic rings. The van der Waals surface area contributed by atoms with E-state index in [-0.39, 0.29) is 0 Å². The standard InChI is InChI=1S/C23H22N6O2/c1-14-15(2)28(12-16-7-9-24-10-8-16)22-20(14)23-26-21(27-29(23)13-25-22)17-5-6-18(30-3)19(11-17)31-4/h5-11,13H,12H2,1-4H3. The molecule has 0 amide bonds. The van der Waals surface area contributed by atoms with Crippen LogP contribution in [0, 0.1) is 13.8 Å². The molecular formula is C23H22N6O2. The molecule has 8 heteroatoms. The highest BCUT2D eigenvalue weighted by molar-refractivity contribution is 5.94. The fraction of sp³-hybridized carbons (Fsp3) is 0.217. The van der Waals surface area contributed by atoms with Gasteiger partial charge in [0, 0.05) is 30.2 Å². The van der Waals surface area contributed by atoms with Crippen molar-refractivity contribution >= 4 is 16.7 Å². The van der Waals surface area contributed by atoms with Crippen molar-refractivity contribution in [3.63, 3.8) is 0 Å². The van der Waals surface area contributed by atoms with Gasteiger partial charge in [0.25, 0.3) is 0 Å². The molecule has 0 fully saturated rings. The third kappa shape index (κ3) is 3.07. The van der Waals surface area contributed by atoms with Crippen LogP contribution in [-0.4, -0.2) is 43.4 Å². The summed E-state index contributed by atoms with van der Waals surface area (Å²) in [7, 11) is 3.23. The van der Waals surface area contributed by atoms with Crippen LogP contribution in [0.25, 0.3) is 28.1 Å². The van der Waals surface area contributed by atoms with Gasteiger partial charge in [0.05, 0.1) is 19.6 Å². The first-order valence-electron chi connectivity index (χ1n) is 9.92. The predicted molar refractivity (Wildman–Crippen MR) is 118 cm³/mol. The number of rotatable bonds is 5. The van der Waals surface area contributed by atoms with Gasteiger partial charge in [0.2, 0.25) is 0 Å². The van der Waals surface area contributed by atoms with Gasteiger partial charge < -0.3 is 14.0 Å². The molecule has 0 saturated carbocycles. The van der Waals surface area contributed by atoms with Crippen LogP contribution in [0.1, 0.15) is 16.8 Å². The highest BCUT2D eigenvalue weighted by Gasteiger charge is 2.19. The van der Waals surface area contributed by atoms with E-state index in [1.807, 2.05) is 42.7 Å². The van der Waals surface area contributed by atoms with Crippen molar-refractivity contribution in [2.75, 3.05) is 14.2 Å². The molecule has 0 aliphatic carbocycles. The molecule has 0 N–H and O–H groups in total. The first-order chi connectivity index (χ1) is 15.1. The molecular weight excluding hydrogens is 392 g/mol. The number of benzene rings is 1. The van der Waals surface area contributed by atoms with Gasteiger partial charge in [-0.15, -0.1) is 5.10 Å². The molecule has 5 rings (SSSR count). The Balaban J connectivity index is 1.66. The van der Waals surface area contributed by atoms with Crippen LogP contribution < -0.4 is 9.47 Å². The second-order valence-corrected chi connectivity index (χ2v) is 7.37. The number of ether oxygens (including phenoxy) is 2. The number of hydrogen-bond donors (Lipinski definition) is 0. The molecule has 0 bridgehead atoms. The molecule has 156 valence electrons. The second kappa shape index (κ2) is 7.39. The summed E-state index contributed by atoms with van der Waals surface area (Å²) in [4.78, 5) is 13.7. The third-order valence-electron chi connectivity index (χ3n) is 5.68. The SMILES string of the molecule is COc1ccc(-c2nc3c4c(C)c(C)n(Cc5ccncc5)c4ncn3n2)cc1OC. The number of aromatic nitrogens is 6. The molecule has 0 aliphatic heterocycles. The summed E-state index contributed by atoms with van der Waals surface area (Å²) in [6.07, 6.45) is 5.34. The zero-order valence-corrected chi connectivity index (χ0v) is 17.8. The number of nitrogens with zero attached hydrogens (tertiary/aromatic N) is 6. The topological polar surface area (TPSA) is 79.4 Å². The Labute approximate surface area is 179 Å². The van der Waals surface area contributed by atoms with Crippen LogP contribution in [-0.2, 0) is 6.54 Å². The highest BCUT2D eigenvalue weighted by Crippen LogP contribution is 2.33. The van der Waals surface area contributed by atoms with E-state index in [9.17, 15) is 0 Å². The van der Waals surface area contributed by atoms with Crippen LogP contribution >= 0.6 is 0 Å². The van der Waals surface area contributed by atoms with Gasteiger partial charge in [-0.2, -0.15) is 0 Å². The van der Waals surface area contributed by atoms with Crippen molar-refractivity contribution in [3.8, 4) is 22.9 Å². The maximum atomic E-state index is 5.43. The summed E-state index contributed by atoms with van der Waals surface area (Å²) in [5.74, 6) is 1.91. The maximum Gasteiger partial charge on any atom is 0.182 e. The van der Waals surface area contributed by atoms with Crippen molar-refractivity contribution in [3.05, 3.63) is 65.9 Å². The van der Waals surface area contributed by atoms with E-state index >= 15 is 0 Å². The molecule has 0 radical (unpaired) electrons. The molecule has 0 atom stereocenters. The van der Waals surface area contributed by atoms with Crippen LogP contribution in [0.15, 0.2) is 49.1 Å². The summed E-state index contributed by atoms with van der Waals surface area (Å²) >= 11 is 0. The third-order valence-corrected chi connectivity index (χ3v) is 5.68. The lowest BCUT2D eigenvalue weighted by molar-refractivity contribution is 0.355. The smallest absolute Gasteiger partial charge is 0.182 e. The van der Waals surface area contributed by atoms with Crippen LogP contribution in [0.3, 0.4) is 0 Å². The normalized spacial score (nSPS) is 11.4. The minimum Gasteiger partial charge on any atom is -0.493 e. The van der Waals surface area contributed by atoms with E-state index < -0.39 is 0 Å². The Morgan fingerprint density at radius 3 is 2.45 bits per heavy atom. The summed E-state index contributed by atoms with van der Waals surface area (Å²) in [6, 6.07) is 9.70. The minimum atomic E-state index is 0.606. The Morgan fingerprint density at radius 2 is 1.71 bits per heavy atom. The van der Waals surface area contributed by atoms with E-state index in [0.717, 1.165) is 40.0 Å². The molecule has 0 unspecified atom stereocenters. The number of hydrogen-bond acceptors (Lipinski definition) is 6. The van der Waals surface area contributed by atoms with E-state index in [0.29, 0.717) is 17.3 Å². The molecule has 1 aromatic carbocycles. The van der Waals surface area contributed by atoms with Gasteiger partial charge in [0.15, 0.2) is 23.0 Å². The molecule has 0 spiro atoms. The van der Waals surface area contributed by atoms with Crippen LogP contribution in [0.2, 0.25) is 0 Å². The molecule has 4 heterocycles. The van der Waals surface area contributed by atoms with Crippen molar-refractivity contribution in [1.29, 1.82) is 0 Å². The van der Waals surface area contributed by atoms with E-state index in [1.165, 1.54) is 5.56 Å². The molecule has 4 aromatic heterocycles. The van der Waals surface area contributed by atoms with Gasteiger partial charge in [-0.3, -0.25) is 4.98 Å². The summed E-state index contributed by atoms with van der Waals surface area (Å²) in [6.45, 7) is 4.94. The van der Waals surface area contributed by atoms with Crippen molar-refractivity contribution < 1.29 is 9.47 Å². The largest absolute Gasteiger partial charge is 0.493 e. The number of methoxy groups -OCH3 is 2. The lowest BCUT2D eigenvalue weighted by Crippen LogP contribution is -2.03. The quantitative estimate of drug-likeness (QED) is 0.435. The number of fused-ring (bicyclic) bond motifs is 3. The maximum absolute atomic E-state index is 5.43. The van der Waals surface area contributed by atoms with Gasteiger partial charge in [-0.05, 0) is 55.3 Å². The Bertz CT molecular complexity index is 1400. The van der Waals surface area contributed by atoms with Gasteiger partial charge in [-0.1, -0.05) is 0 Å². The highest BCUT2D eigenvalue weighted by atomic mass is 16.5. The Morgan fingerprint density at radius 1 is 0.935 bits per heavy atom. The lowest BCUT2D eigenvalue weighted by atomic mass is 10.2. The van der Waals surface area contributed by atoms with E-state index in [4.69, 9.17) is 19.4 Å². The minimum absolute atomic E-state index is 0.606. The van der Waals surface area contributed by atoms with Crippen LogP contribution in [0.5, 0.6) is 11.5 Å². The average molecular weight is 414 g/mol. The lowest BCUT2D eigenvalue weighted by Gasteiger charge is -2.07. The zero-order chi connectivity index (χ0) is 21.5. The van der Waals surface area contributed by atoms with Gasteiger partial charge in [-0.25, -0.2) is 14.5 Å². The van der Waals surface area contributed by atoms with Crippen LogP contribution in [0.4, 0.5) is 0 Å². The van der Waals surface area contributed by atoms with Crippen molar-refractivity contribution in [2.24, 2.45) is 0 Å². The predicted octanol–water partition coefficient (Wildman–Crippen LogP) is 3.82. The molecule has 0 aliphatic rings. The second-order valence-electron chi connectivity index (χ2n) is 7.37. The first kappa shape index (κ1) is 19.0. The van der Waals surface area contributed by atoms with Gasteiger partial charge in [0.1, 0.15) is 12.0 Å².